The van der Waals surface area contributed by atoms with Crippen molar-refractivity contribution < 1.29 is 9.53 Å². The van der Waals surface area contributed by atoms with Crippen LogP contribution in [0.1, 0.15) is 20.8 Å². The van der Waals surface area contributed by atoms with Crippen LogP contribution in [0.4, 0.5) is 0 Å². The van der Waals surface area contributed by atoms with Crippen molar-refractivity contribution in [3.8, 4) is 5.75 Å². The second-order valence-corrected chi connectivity index (χ2v) is 5.16. The molecular weight excluding hydrogens is 242 g/mol. The average Bonchev–Trinajstić information content (AvgIpc) is 2.37. The van der Waals surface area contributed by atoms with Crippen LogP contribution in [-0.4, -0.2) is 47.1 Å². The first-order chi connectivity index (χ1) is 9.06. The van der Waals surface area contributed by atoms with Crippen LogP contribution < -0.4 is 10.1 Å². The number of nitrogens with one attached hydrogen (secondary N) is 1. The molecule has 0 bridgehead atoms. The predicted molar refractivity (Wildman–Crippen MR) is 73.0 cm³/mol. The van der Waals surface area contributed by atoms with Gasteiger partial charge < -0.3 is 15.0 Å². The summed E-state index contributed by atoms with van der Waals surface area (Å²) >= 11 is 0. The minimum absolute atomic E-state index is 0.0315. The highest BCUT2D eigenvalue weighted by atomic mass is 16.5. The number of carbonyl (C=O) groups excluding carboxylic acids is 1. The summed E-state index contributed by atoms with van der Waals surface area (Å²) in [5.74, 6) is 0.656. The number of nitrogens with zero attached hydrogens (tertiary/aromatic N) is 2. The summed E-state index contributed by atoms with van der Waals surface area (Å²) in [4.78, 5) is 18.2. The molecule has 104 valence electrons. The second-order valence-electron chi connectivity index (χ2n) is 5.16. The van der Waals surface area contributed by atoms with Gasteiger partial charge in [-0.1, -0.05) is 0 Å². The van der Waals surface area contributed by atoms with Crippen molar-refractivity contribution >= 4 is 5.91 Å². The van der Waals surface area contributed by atoms with E-state index in [9.17, 15) is 4.79 Å². The normalized spacial score (nSPS) is 24.9. The Labute approximate surface area is 114 Å². The Balaban J connectivity index is 1.95. The molecule has 1 amide bonds. The molecule has 0 spiro atoms. The van der Waals surface area contributed by atoms with Gasteiger partial charge in [-0.3, -0.25) is 9.78 Å². The lowest BCUT2D eigenvalue weighted by Gasteiger charge is -2.37. The number of carbonyl (C=O) groups is 1. The molecule has 0 aromatic carbocycles. The second kappa shape index (κ2) is 6.02. The molecule has 0 unspecified atom stereocenters. The monoisotopic (exact) mass is 263 g/mol. The Morgan fingerprint density at radius 3 is 2.74 bits per heavy atom. The third-order valence-corrected chi connectivity index (χ3v) is 3.16. The third-order valence-electron chi connectivity index (χ3n) is 3.16. The molecular formula is C14H21N3O2. The van der Waals surface area contributed by atoms with Crippen molar-refractivity contribution in [2.45, 2.75) is 39.0 Å². The maximum atomic E-state index is 12.3. The van der Waals surface area contributed by atoms with Crippen LogP contribution in [-0.2, 0) is 4.79 Å². The summed E-state index contributed by atoms with van der Waals surface area (Å²) < 4.78 is 5.63. The van der Waals surface area contributed by atoms with Gasteiger partial charge in [0.25, 0.3) is 5.91 Å². The molecule has 0 saturated carbocycles. The number of pyridine rings is 1. The molecule has 0 aliphatic carbocycles. The highest BCUT2D eigenvalue weighted by Gasteiger charge is 2.28. The van der Waals surface area contributed by atoms with Gasteiger partial charge in [0.1, 0.15) is 5.75 Å². The van der Waals surface area contributed by atoms with E-state index in [1.807, 2.05) is 4.90 Å². The van der Waals surface area contributed by atoms with Crippen molar-refractivity contribution in [3.63, 3.8) is 0 Å². The Bertz CT molecular complexity index is 414. The molecule has 1 aliphatic rings. The topological polar surface area (TPSA) is 54.5 Å². The lowest BCUT2D eigenvalue weighted by molar-refractivity contribution is -0.139. The first-order valence-corrected chi connectivity index (χ1v) is 6.68. The van der Waals surface area contributed by atoms with Gasteiger partial charge >= 0.3 is 0 Å². The smallest absolute Gasteiger partial charge is 0.263 e. The molecule has 1 aliphatic heterocycles. The van der Waals surface area contributed by atoms with E-state index in [-0.39, 0.29) is 5.91 Å². The molecule has 3 atom stereocenters. The summed E-state index contributed by atoms with van der Waals surface area (Å²) in [7, 11) is 0. The van der Waals surface area contributed by atoms with E-state index in [1.54, 1.807) is 31.5 Å². The van der Waals surface area contributed by atoms with Crippen molar-refractivity contribution in [2.24, 2.45) is 0 Å². The fourth-order valence-corrected chi connectivity index (χ4v) is 2.44. The highest BCUT2D eigenvalue weighted by molar-refractivity contribution is 5.81. The summed E-state index contributed by atoms with van der Waals surface area (Å²) in [6.45, 7) is 7.41. The van der Waals surface area contributed by atoms with Crippen molar-refractivity contribution in [3.05, 3.63) is 24.5 Å². The lowest BCUT2D eigenvalue weighted by atomic mass is 10.1. The van der Waals surface area contributed by atoms with Gasteiger partial charge in [0, 0.05) is 31.4 Å². The summed E-state index contributed by atoms with van der Waals surface area (Å²) in [6.07, 6.45) is 2.81. The van der Waals surface area contributed by atoms with E-state index in [0.717, 1.165) is 13.1 Å². The average molecular weight is 263 g/mol. The van der Waals surface area contributed by atoms with E-state index < -0.39 is 6.10 Å². The number of ether oxygens (including phenoxy) is 1. The van der Waals surface area contributed by atoms with Gasteiger partial charge in [-0.2, -0.15) is 0 Å². The zero-order valence-corrected chi connectivity index (χ0v) is 11.7. The number of piperazine rings is 1. The number of rotatable bonds is 3. The maximum Gasteiger partial charge on any atom is 0.263 e. The van der Waals surface area contributed by atoms with Gasteiger partial charge in [0.05, 0.1) is 6.20 Å². The first-order valence-electron chi connectivity index (χ1n) is 6.68. The Kier molecular flexibility index (Phi) is 4.37. The molecule has 1 aromatic heterocycles. The summed E-state index contributed by atoms with van der Waals surface area (Å²) in [5.41, 5.74) is 0. The third kappa shape index (κ3) is 3.67. The number of hydrogen-bond acceptors (Lipinski definition) is 4. The lowest BCUT2D eigenvalue weighted by Crippen LogP contribution is -2.57. The first kappa shape index (κ1) is 13.8. The molecule has 1 fully saturated rings. The van der Waals surface area contributed by atoms with Crippen LogP contribution >= 0.6 is 0 Å². The Morgan fingerprint density at radius 2 is 2.16 bits per heavy atom. The fourth-order valence-electron chi connectivity index (χ4n) is 2.44. The molecule has 19 heavy (non-hydrogen) atoms. The van der Waals surface area contributed by atoms with Crippen molar-refractivity contribution in [1.29, 1.82) is 0 Å². The SMILES string of the molecule is C[C@@H]1CN(C(=O)[C@H](C)Oc2cccnc2)C[C@H](C)N1. The minimum atomic E-state index is -0.485. The van der Waals surface area contributed by atoms with E-state index >= 15 is 0 Å². The van der Waals surface area contributed by atoms with E-state index in [0.29, 0.717) is 17.8 Å². The molecule has 5 nitrogen and oxygen atoms in total. The van der Waals surface area contributed by atoms with E-state index in [2.05, 4.69) is 24.1 Å². The van der Waals surface area contributed by atoms with Crippen LogP contribution in [0.3, 0.4) is 0 Å². The molecule has 1 N–H and O–H groups in total. The fraction of sp³-hybridized carbons (Fsp3) is 0.571. The van der Waals surface area contributed by atoms with Gasteiger partial charge in [0.2, 0.25) is 0 Å². The zero-order valence-electron chi connectivity index (χ0n) is 11.7. The molecule has 2 rings (SSSR count). The van der Waals surface area contributed by atoms with Crippen LogP contribution in [0.2, 0.25) is 0 Å². The number of hydrogen-bond donors (Lipinski definition) is 1. The van der Waals surface area contributed by atoms with Crippen LogP contribution in [0.5, 0.6) is 5.75 Å². The zero-order chi connectivity index (χ0) is 13.8. The predicted octanol–water partition coefficient (Wildman–Crippen LogP) is 1.06. The Morgan fingerprint density at radius 1 is 1.47 bits per heavy atom. The minimum Gasteiger partial charge on any atom is -0.479 e. The quantitative estimate of drug-likeness (QED) is 0.886. The largest absolute Gasteiger partial charge is 0.479 e. The molecule has 2 heterocycles. The van der Waals surface area contributed by atoms with E-state index in [1.165, 1.54) is 0 Å². The number of aromatic nitrogens is 1. The molecule has 1 aromatic rings. The van der Waals surface area contributed by atoms with Gasteiger partial charge in [-0.25, -0.2) is 0 Å². The summed E-state index contributed by atoms with van der Waals surface area (Å²) in [5, 5.41) is 3.41. The van der Waals surface area contributed by atoms with Gasteiger partial charge in [-0.15, -0.1) is 0 Å². The molecule has 0 radical (unpaired) electrons. The van der Waals surface area contributed by atoms with Crippen LogP contribution in [0.25, 0.3) is 0 Å². The maximum absolute atomic E-state index is 12.3. The highest BCUT2D eigenvalue weighted by Crippen LogP contribution is 2.12. The van der Waals surface area contributed by atoms with Crippen LogP contribution in [0.15, 0.2) is 24.5 Å². The van der Waals surface area contributed by atoms with Gasteiger partial charge in [-0.05, 0) is 32.9 Å². The van der Waals surface area contributed by atoms with Crippen molar-refractivity contribution in [1.82, 2.24) is 15.2 Å². The van der Waals surface area contributed by atoms with Gasteiger partial charge in [0.15, 0.2) is 6.10 Å². The van der Waals surface area contributed by atoms with Crippen LogP contribution in [0, 0.1) is 0 Å². The Hall–Kier alpha value is -1.62. The summed E-state index contributed by atoms with van der Waals surface area (Å²) in [6, 6.07) is 4.23. The van der Waals surface area contributed by atoms with Crippen molar-refractivity contribution in [2.75, 3.05) is 13.1 Å². The number of amides is 1. The standard InChI is InChI=1S/C14H21N3O2/c1-10-8-17(9-11(2)16-10)14(18)12(3)19-13-5-4-6-15-7-13/h4-7,10-12,16H,8-9H2,1-3H3/t10-,11+,12-/m0/s1. The molecule has 5 heteroatoms. The van der Waals surface area contributed by atoms with E-state index in [4.69, 9.17) is 4.74 Å². The molecule has 1 saturated heterocycles.